The first kappa shape index (κ1) is 27.7. The molecule has 0 N–H and O–H groups in total. The van der Waals surface area contributed by atoms with Gasteiger partial charge in [-0.2, -0.15) is 13.2 Å². The van der Waals surface area contributed by atoms with E-state index in [2.05, 4.69) is 4.99 Å². The summed E-state index contributed by atoms with van der Waals surface area (Å²) in [5.74, 6) is -0.0223. The van der Waals surface area contributed by atoms with Gasteiger partial charge in [0.05, 0.1) is 34.0 Å². The van der Waals surface area contributed by atoms with Crippen LogP contribution >= 0.6 is 23.1 Å². The first-order valence-corrected chi connectivity index (χ1v) is 14.3. The fraction of sp³-hybridized carbons (Fsp3) is 0.207. The van der Waals surface area contributed by atoms with E-state index in [1.54, 1.807) is 37.7 Å². The number of allylic oxidation sites excluding steroid dienone is 1. The molecule has 0 saturated heterocycles. The number of hydrogen-bond donors (Lipinski definition) is 0. The first-order valence-electron chi connectivity index (χ1n) is 12.2. The van der Waals surface area contributed by atoms with Gasteiger partial charge in [-0.15, -0.1) is 11.8 Å². The van der Waals surface area contributed by atoms with Crippen LogP contribution in [0.15, 0.2) is 91.0 Å². The third kappa shape index (κ3) is 5.31. The molecule has 1 aliphatic heterocycles. The number of thioether (sulfide) groups is 1. The van der Waals surface area contributed by atoms with E-state index >= 15 is 0 Å². The number of aromatic nitrogens is 1. The molecule has 0 bridgehead atoms. The first-order chi connectivity index (χ1) is 19.1. The number of benzene rings is 2. The highest BCUT2D eigenvalue weighted by atomic mass is 32.2. The quantitative estimate of drug-likeness (QED) is 0.212. The van der Waals surface area contributed by atoms with Crippen molar-refractivity contribution in [2.24, 2.45) is 4.99 Å². The Kier molecular flexibility index (Phi) is 7.61. The Bertz CT molecular complexity index is 1800. The van der Waals surface area contributed by atoms with Crippen LogP contribution in [0, 0.1) is 0 Å². The van der Waals surface area contributed by atoms with Gasteiger partial charge in [0.1, 0.15) is 11.5 Å². The summed E-state index contributed by atoms with van der Waals surface area (Å²) in [6.45, 7) is 3.59. The number of esters is 1. The van der Waals surface area contributed by atoms with Crippen molar-refractivity contribution >= 4 is 35.1 Å². The van der Waals surface area contributed by atoms with Crippen molar-refractivity contribution in [1.82, 2.24) is 4.57 Å². The molecule has 3 heterocycles. The zero-order chi connectivity index (χ0) is 28.6. The highest BCUT2D eigenvalue weighted by molar-refractivity contribution is 7.98. The highest BCUT2D eigenvalue weighted by Gasteiger charge is 2.33. The van der Waals surface area contributed by atoms with E-state index < -0.39 is 23.8 Å². The second-order valence-electron chi connectivity index (χ2n) is 8.86. The average molecular weight is 585 g/mol. The molecule has 5 rings (SSSR count). The lowest BCUT2D eigenvalue weighted by molar-refractivity contribution is -0.139. The van der Waals surface area contributed by atoms with Crippen LogP contribution in [0.5, 0.6) is 0 Å². The Balaban J connectivity index is 1.60. The van der Waals surface area contributed by atoms with E-state index in [1.807, 2.05) is 30.5 Å². The molecule has 11 heteroatoms. The lowest BCUT2D eigenvalue weighted by Gasteiger charge is -2.24. The van der Waals surface area contributed by atoms with E-state index in [4.69, 9.17) is 9.15 Å². The number of furan rings is 1. The highest BCUT2D eigenvalue weighted by Crippen LogP contribution is 2.33. The van der Waals surface area contributed by atoms with E-state index in [1.165, 1.54) is 22.8 Å². The summed E-state index contributed by atoms with van der Waals surface area (Å²) >= 11 is 2.71. The fourth-order valence-corrected chi connectivity index (χ4v) is 5.89. The number of ether oxygens (including phenoxy) is 1. The van der Waals surface area contributed by atoms with E-state index in [9.17, 15) is 22.8 Å². The number of hydrogen-bond acceptors (Lipinski definition) is 7. The minimum Gasteiger partial charge on any atom is -0.463 e. The molecule has 0 amide bonds. The van der Waals surface area contributed by atoms with Gasteiger partial charge in [-0.1, -0.05) is 35.6 Å². The molecule has 0 radical (unpaired) electrons. The summed E-state index contributed by atoms with van der Waals surface area (Å²) < 4.78 is 52.4. The van der Waals surface area contributed by atoms with E-state index in [0.29, 0.717) is 20.8 Å². The van der Waals surface area contributed by atoms with Gasteiger partial charge < -0.3 is 9.15 Å². The minimum absolute atomic E-state index is 0.171. The fourth-order valence-electron chi connectivity index (χ4n) is 4.46. The maximum atomic E-state index is 13.7. The van der Waals surface area contributed by atoms with Gasteiger partial charge in [0.25, 0.3) is 5.56 Å². The molecule has 4 aromatic rings. The van der Waals surface area contributed by atoms with Gasteiger partial charge in [0.15, 0.2) is 4.80 Å². The number of nitrogens with zero attached hydrogens (tertiary/aromatic N) is 2. The van der Waals surface area contributed by atoms with Crippen molar-refractivity contribution in [2.75, 3.05) is 12.9 Å². The van der Waals surface area contributed by atoms with Crippen LogP contribution in [0.2, 0.25) is 0 Å². The number of halogens is 3. The number of carbonyl (C=O) groups is 1. The standard InChI is InChI=1S/C29H23F3N2O4S2/c1-4-37-27(36)24-16(2)33-28-34(25(24)17-8-11-21(39-3)12-9-17)26(35)23(40-28)15-20-10-13-22(38-20)18-6-5-7-19(14-18)29(30,31)32/h5-15,25H,4H2,1-3H3/b23-15+/t25-/m1/s1. The van der Waals surface area contributed by atoms with Gasteiger partial charge in [-0.05, 0) is 62.1 Å². The van der Waals surface area contributed by atoms with Crippen LogP contribution in [0.1, 0.15) is 36.8 Å². The summed E-state index contributed by atoms with van der Waals surface area (Å²) in [4.78, 5) is 32.7. The van der Waals surface area contributed by atoms with Gasteiger partial charge in [0.2, 0.25) is 0 Å². The summed E-state index contributed by atoms with van der Waals surface area (Å²) in [5.41, 5.74) is 0.563. The van der Waals surface area contributed by atoms with Gasteiger partial charge in [-0.25, -0.2) is 9.79 Å². The molecule has 0 fully saturated rings. The van der Waals surface area contributed by atoms with Gasteiger partial charge in [-0.3, -0.25) is 9.36 Å². The predicted molar refractivity (Wildman–Crippen MR) is 148 cm³/mol. The van der Waals surface area contributed by atoms with Crippen LogP contribution in [-0.2, 0) is 15.7 Å². The topological polar surface area (TPSA) is 73.8 Å². The summed E-state index contributed by atoms with van der Waals surface area (Å²) in [5, 5.41) is 0. The van der Waals surface area contributed by atoms with Crippen molar-refractivity contribution in [1.29, 1.82) is 0 Å². The maximum absolute atomic E-state index is 13.7. The summed E-state index contributed by atoms with van der Waals surface area (Å²) in [7, 11) is 0. The number of carbonyl (C=O) groups excluding carboxylic acids is 1. The van der Waals surface area contributed by atoms with Crippen molar-refractivity contribution in [3.8, 4) is 11.3 Å². The summed E-state index contributed by atoms with van der Waals surface area (Å²) in [6, 6.07) is 14.8. The molecule has 2 aromatic heterocycles. The molecule has 1 aliphatic rings. The second-order valence-corrected chi connectivity index (χ2v) is 10.7. The summed E-state index contributed by atoms with van der Waals surface area (Å²) in [6.07, 6.45) is -0.996. The number of rotatable bonds is 6. The molecule has 40 heavy (non-hydrogen) atoms. The van der Waals surface area contributed by atoms with E-state index in [0.717, 1.165) is 33.9 Å². The largest absolute Gasteiger partial charge is 0.463 e. The Morgan fingerprint density at radius 3 is 2.60 bits per heavy atom. The molecule has 6 nitrogen and oxygen atoms in total. The van der Waals surface area contributed by atoms with Crippen molar-refractivity contribution in [2.45, 2.75) is 31.0 Å². The molecule has 1 atom stereocenters. The molecular formula is C29H23F3N2O4S2. The molecular weight excluding hydrogens is 561 g/mol. The van der Waals surface area contributed by atoms with Crippen LogP contribution in [0.4, 0.5) is 13.2 Å². The Labute approximate surface area is 235 Å². The predicted octanol–water partition coefficient (Wildman–Crippen LogP) is 5.80. The van der Waals surface area contributed by atoms with Crippen LogP contribution in [0.3, 0.4) is 0 Å². The molecule has 2 aromatic carbocycles. The number of alkyl halides is 3. The lowest BCUT2D eigenvalue weighted by atomic mass is 9.96. The van der Waals surface area contributed by atoms with Crippen molar-refractivity contribution in [3.63, 3.8) is 0 Å². The molecule has 206 valence electrons. The molecule has 0 saturated carbocycles. The Hall–Kier alpha value is -3.83. The third-order valence-corrected chi connectivity index (χ3v) is 8.05. The number of thiazole rings is 1. The zero-order valence-electron chi connectivity index (χ0n) is 21.6. The minimum atomic E-state index is -4.48. The molecule has 0 unspecified atom stereocenters. The zero-order valence-corrected chi connectivity index (χ0v) is 23.2. The molecule has 0 spiro atoms. The average Bonchev–Trinajstić information content (AvgIpc) is 3.52. The van der Waals surface area contributed by atoms with Crippen molar-refractivity contribution < 1.29 is 27.1 Å². The third-order valence-electron chi connectivity index (χ3n) is 6.32. The van der Waals surface area contributed by atoms with Crippen LogP contribution < -0.4 is 14.9 Å². The Morgan fingerprint density at radius 2 is 1.93 bits per heavy atom. The van der Waals surface area contributed by atoms with E-state index in [-0.39, 0.29) is 29.1 Å². The molecule has 0 aliphatic carbocycles. The van der Waals surface area contributed by atoms with Gasteiger partial charge >= 0.3 is 12.1 Å². The van der Waals surface area contributed by atoms with Crippen molar-refractivity contribution in [3.05, 3.63) is 109 Å². The Morgan fingerprint density at radius 1 is 1.18 bits per heavy atom. The van der Waals surface area contributed by atoms with Gasteiger partial charge in [0, 0.05) is 16.5 Å². The monoisotopic (exact) mass is 584 g/mol. The number of fused-ring (bicyclic) bond motifs is 1. The normalized spacial score (nSPS) is 15.7. The smallest absolute Gasteiger partial charge is 0.416 e. The second kappa shape index (κ2) is 11.0. The maximum Gasteiger partial charge on any atom is 0.416 e. The van der Waals surface area contributed by atoms with Crippen LogP contribution in [0.25, 0.3) is 17.4 Å². The lowest BCUT2D eigenvalue weighted by Crippen LogP contribution is -2.39. The SMILES string of the molecule is CCOC(=O)C1=C(C)N=c2s/c(=C/c3ccc(-c4cccc(C(F)(F)F)c4)o3)c(=O)n2[C@@H]1c1ccc(SC)cc1. The van der Waals surface area contributed by atoms with Crippen LogP contribution in [-0.4, -0.2) is 23.4 Å².